The molecule has 49 heavy (non-hydrogen) atoms. The summed E-state index contributed by atoms with van der Waals surface area (Å²) in [4.78, 5) is 13.2. The molecule has 5 aliphatic carbocycles. The van der Waals surface area contributed by atoms with Gasteiger partial charge in [0.2, 0.25) is 0 Å². The third kappa shape index (κ3) is 7.66. The zero-order chi connectivity index (χ0) is 35.5. The Hall–Kier alpha value is -0.790. The average Bonchev–Trinajstić information content (AvgIpc) is 3.41. The van der Waals surface area contributed by atoms with Gasteiger partial charge in [-0.2, -0.15) is 0 Å². The van der Waals surface area contributed by atoms with Crippen LogP contribution in [0.4, 0.5) is 0 Å². The summed E-state index contributed by atoms with van der Waals surface area (Å²) in [7, 11) is 0. The molecule has 282 valence electrons. The van der Waals surface area contributed by atoms with Crippen LogP contribution in [0, 0.1) is 56.7 Å². The summed E-state index contributed by atoms with van der Waals surface area (Å²) in [5, 5.41) is 0. The second-order valence-electron chi connectivity index (χ2n) is 20.5. The topological polar surface area (TPSA) is 26.3 Å². The van der Waals surface area contributed by atoms with E-state index in [2.05, 4.69) is 62.0 Å². The number of unbranched alkanes of at least 4 members (excludes halogenated alkanes) is 13. The van der Waals surface area contributed by atoms with Crippen LogP contribution in [0.3, 0.4) is 0 Å². The van der Waals surface area contributed by atoms with Crippen LogP contribution in [-0.4, -0.2) is 12.1 Å². The highest BCUT2D eigenvalue weighted by Gasteiger charge is 2.70. The van der Waals surface area contributed by atoms with Crippen LogP contribution in [0.2, 0.25) is 0 Å². The van der Waals surface area contributed by atoms with Gasteiger partial charge in [0.05, 0.1) is 0 Å². The molecule has 0 spiro atoms. The van der Waals surface area contributed by atoms with E-state index in [1.807, 2.05) is 0 Å². The van der Waals surface area contributed by atoms with Crippen LogP contribution in [-0.2, 0) is 9.53 Å². The maximum absolute atomic E-state index is 13.2. The molecule has 2 heteroatoms. The second kappa shape index (κ2) is 16.1. The van der Waals surface area contributed by atoms with Crippen LogP contribution >= 0.6 is 0 Å². The average molecular weight is 679 g/mol. The standard InChI is InChI=1S/C47H82O2/c1-10-11-12-13-14-15-16-17-18-19-20-21-22-23-24-41(48)49-40-29-31-45(7)38(43(40,4)5)28-32-47(9)39(45)26-25-37-42-36(35(2)3)27-30-44(42,6)33-34-46(37,47)8/h36-40,42H,2,10-34H2,1,3-9H3/t36-,37+,38-,39+,40?,42+,44+,45-,46+,47+/m0/s1. The lowest BCUT2D eigenvalue weighted by molar-refractivity contribution is -0.249. The van der Waals surface area contributed by atoms with Crippen molar-refractivity contribution in [2.75, 3.05) is 0 Å². The Labute approximate surface area is 305 Å². The Morgan fingerprint density at radius 3 is 1.82 bits per heavy atom. The van der Waals surface area contributed by atoms with Gasteiger partial charge in [-0.1, -0.05) is 144 Å². The molecule has 0 N–H and O–H groups in total. The van der Waals surface area contributed by atoms with Crippen LogP contribution in [0.25, 0.3) is 0 Å². The first kappa shape index (κ1) is 39.4. The van der Waals surface area contributed by atoms with Crippen molar-refractivity contribution >= 4 is 5.97 Å². The molecular formula is C47H82O2. The summed E-state index contributed by atoms with van der Waals surface area (Å²) in [6.07, 6.45) is 32.9. The molecule has 0 aromatic carbocycles. The van der Waals surface area contributed by atoms with E-state index in [0.29, 0.717) is 34.0 Å². The Bertz CT molecular complexity index is 1110. The molecule has 0 aromatic heterocycles. The fourth-order valence-electron chi connectivity index (χ4n) is 14.4. The summed E-state index contributed by atoms with van der Waals surface area (Å²) in [5.41, 5.74) is 3.19. The zero-order valence-electron chi connectivity index (χ0n) is 34.2. The second-order valence-corrected chi connectivity index (χ2v) is 20.5. The van der Waals surface area contributed by atoms with E-state index in [4.69, 9.17) is 4.74 Å². The predicted octanol–water partition coefficient (Wildman–Crippen LogP) is 14.4. The van der Waals surface area contributed by atoms with Crippen molar-refractivity contribution in [1.82, 2.24) is 0 Å². The minimum Gasteiger partial charge on any atom is -0.462 e. The zero-order valence-corrected chi connectivity index (χ0v) is 34.2. The van der Waals surface area contributed by atoms with E-state index in [0.717, 1.165) is 36.5 Å². The van der Waals surface area contributed by atoms with Gasteiger partial charge < -0.3 is 4.74 Å². The van der Waals surface area contributed by atoms with Gasteiger partial charge in [-0.15, -0.1) is 0 Å². The van der Waals surface area contributed by atoms with Crippen molar-refractivity contribution in [2.24, 2.45) is 56.7 Å². The monoisotopic (exact) mass is 679 g/mol. The first-order valence-corrected chi connectivity index (χ1v) is 22.1. The summed E-state index contributed by atoms with van der Waals surface area (Å²) in [5.74, 6) is 3.89. The van der Waals surface area contributed by atoms with E-state index < -0.39 is 0 Å². The summed E-state index contributed by atoms with van der Waals surface area (Å²) in [6, 6.07) is 0. The molecule has 2 nitrogen and oxygen atoms in total. The van der Waals surface area contributed by atoms with Gasteiger partial charge in [0.1, 0.15) is 6.10 Å². The SMILES string of the molecule is C=C(C)[C@@H]1CC[C@]2(C)CC[C@]3(C)[C@H](CC[C@@H]4[C@@]5(C)CCC(OC(=O)CCCCCCCCCCCCCCCC)C(C)(C)[C@@H]5CC[C@]43C)[C@@H]12. The van der Waals surface area contributed by atoms with Crippen molar-refractivity contribution in [3.8, 4) is 0 Å². The lowest BCUT2D eigenvalue weighted by atomic mass is 9.32. The number of hydrogen-bond donors (Lipinski definition) is 0. The normalized spacial score (nSPS) is 40.9. The first-order chi connectivity index (χ1) is 23.2. The molecule has 0 saturated heterocycles. The van der Waals surface area contributed by atoms with Crippen LogP contribution < -0.4 is 0 Å². The minimum atomic E-state index is 0.0406. The summed E-state index contributed by atoms with van der Waals surface area (Å²) in [6.45, 7) is 25.0. The molecule has 0 heterocycles. The van der Waals surface area contributed by atoms with Gasteiger partial charge in [0, 0.05) is 11.8 Å². The summed E-state index contributed by atoms with van der Waals surface area (Å²) >= 11 is 0. The van der Waals surface area contributed by atoms with E-state index in [1.165, 1.54) is 147 Å². The van der Waals surface area contributed by atoms with Crippen molar-refractivity contribution in [1.29, 1.82) is 0 Å². The molecule has 5 rings (SSSR count). The van der Waals surface area contributed by atoms with Gasteiger partial charge >= 0.3 is 5.97 Å². The maximum Gasteiger partial charge on any atom is 0.306 e. The van der Waals surface area contributed by atoms with Gasteiger partial charge in [0.15, 0.2) is 0 Å². The molecule has 0 aliphatic heterocycles. The lowest BCUT2D eigenvalue weighted by Gasteiger charge is -2.73. The lowest BCUT2D eigenvalue weighted by Crippen LogP contribution is -2.66. The predicted molar refractivity (Wildman–Crippen MR) is 209 cm³/mol. The highest BCUT2D eigenvalue weighted by atomic mass is 16.5. The Morgan fingerprint density at radius 1 is 0.633 bits per heavy atom. The molecule has 5 saturated carbocycles. The van der Waals surface area contributed by atoms with Crippen molar-refractivity contribution in [3.63, 3.8) is 0 Å². The van der Waals surface area contributed by atoms with E-state index in [1.54, 1.807) is 0 Å². The Kier molecular flexibility index (Phi) is 12.9. The number of carbonyl (C=O) groups is 1. The van der Waals surface area contributed by atoms with E-state index in [-0.39, 0.29) is 17.5 Å². The molecule has 1 unspecified atom stereocenters. The fourth-order valence-corrected chi connectivity index (χ4v) is 14.4. The van der Waals surface area contributed by atoms with Crippen molar-refractivity contribution < 1.29 is 9.53 Å². The number of rotatable bonds is 17. The third-order valence-electron chi connectivity index (χ3n) is 17.4. The molecule has 5 fully saturated rings. The molecule has 0 aromatic rings. The van der Waals surface area contributed by atoms with Crippen LogP contribution in [0.5, 0.6) is 0 Å². The molecular weight excluding hydrogens is 597 g/mol. The largest absolute Gasteiger partial charge is 0.462 e. The number of allylic oxidation sites excluding steroid dienone is 1. The van der Waals surface area contributed by atoms with Crippen LogP contribution in [0.1, 0.15) is 216 Å². The number of fused-ring (bicyclic) bond motifs is 7. The number of esters is 1. The molecule has 10 atom stereocenters. The van der Waals surface area contributed by atoms with Gasteiger partial charge in [0.25, 0.3) is 0 Å². The van der Waals surface area contributed by atoms with Gasteiger partial charge in [-0.25, -0.2) is 0 Å². The molecule has 0 bridgehead atoms. The highest BCUT2D eigenvalue weighted by Crippen LogP contribution is 2.77. The Morgan fingerprint density at radius 2 is 1.22 bits per heavy atom. The number of ether oxygens (including phenoxy) is 1. The quantitative estimate of drug-likeness (QED) is 0.0869. The fraction of sp³-hybridized carbons (Fsp3) is 0.936. The summed E-state index contributed by atoms with van der Waals surface area (Å²) < 4.78 is 6.43. The van der Waals surface area contributed by atoms with Gasteiger partial charge in [-0.3, -0.25) is 4.79 Å². The molecule has 5 aliphatic rings. The van der Waals surface area contributed by atoms with Crippen molar-refractivity contribution in [2.45, 2.75) is 222 Å². The van der Waals surface area contributed by atoms with Crippen LogP contribution in [0.15, 0.2) is 12.2 Å². The van der Waals surface area contributed by atoms with Gasteiger partial charge in [-0.05, 0) is 129 Å². The minimum absolute atomic E-state index is 0.0406. The smallest absolute Gasteiger partial charge is 0.306 e. The third-order valence-corrected chi connectivity index (χ3v) is 17.4. The molecule has 0 radical (unpaired) electrons. The first-order valence-electron chi connectivity index (χ1n) is 22.1. The number of hydrogen-bond acceptors (Lipinski definition) is 2. The Balaban J connectivity index is 1.08. The maximum atomic E-state index is 13.2. The van der Waals surface area contributed by atoms with Crippen molar-refractivity contribution in [3.05, 3.63) is 12.2 Å². The highest BCUT2D eigenvalue weighted by molar-refractivity contribution is 5.69. The molecule has 0 amide bonds. The number of carbonyl (C=O) groups excluding carboxylic acids is 1. The van der Waals surface area contributed by atoms with E-state index in [9.17, 15) is 4.79 Å². The van der Waals surface area contributed by atoms with E-state index >= 15 is 0 Å².